The van der Waals surface area contributed by atoms with Gasteiger partial charge >= 0.3 is 0 Å². The van der Waals surface area contributed by atoms with Gasteiger partial charge in [0.1, 0.15) is 11.5 Å². The number of anilines is 1. The van der Waals surface area contributed by atoms with E-state index in [0.717, 1.165) is 22.9 Å². The molecule has 1 heterocycles. The second-order valence-corrected chi connectivity index (χ2v) is 4.79. The molecule has 1 aromatic carbocycles. The van der Waals surface area contributed by atoms with Crippen molar-refractivity contribution in [3.63, 3.8) is 0 Å². The first-order valence-corrected chi connectivity index (χ1v) is 6.48. The van der Waals surface area contributed by atoms with Gasteiger partial charge in [0.25, 0.3) is 0 Å². The maximum absolute atomic E-state index is 5.59. The first kappa shape index (κ1) is 13.5. The van der Waals surface area contributed by atoms with Crippen LogP contribution in [0.4, 0.5) is 5.69 Å². The Balaban J connectivity index is 1.92. The van der Waals surface area contributed by atoms with Crippen LogP contribution in [0.2, 0.25) is 0 Å². The minimum atomic E-state index is 0.192. The molecule has 0 atom stereocenters. The van der Waals surface area contributed by atoms with E-state index < -0.39 is 0 Å². The maximum Gasteiger partial charge on any atom is 0.213 e. The van der Waals surface area contributed by atoms with E-state index in [4.69, 9.17) is 9.15 Å². The van der Waals surface area contributed by atoms with Gasteiger partial charge in [-0.2, -0.15) is 0 Å². The van der Waals surface area contributed by atoms with Crippen molar-refractivity contribution >= 4 is 5.69 Å². The number of nitrogens with zero attached hydrogens (tertiary/aromatic N) is 1. The molecule has 4 nitrogen and oxygen atoms in total. The Morgan fingerprint density at radius 1 is 1.21 bits per heavy atom. The van der Waals surface area contributed by atoms with Gasteiger partial charge in [0.15, 0.2) is 0 Å². The standard InChI is InChI=1S/C15H20N2O2/c1-10(2)18-14-7-5-13(6-8-14)16-9-15-17-11(3)12(4)19-15/h5-8,10,16H,9H2,1-4H3. The molecule has 1 aromatic heterocycles. The number of oxazole rings is 1. The third-order valence-electron chi connectivity index (χ3n) is 2.74. The molecule has 0 aliphatic heterocycles. The van der Waals surface area contributed by atoms with Crippen molar-refractivity contribution < 1.29 is 9.15 Å². The Kier molecular flexibility index (Phi) is 4.10. The molecule has 19 heavy (non-hydrogen) atoms. The number of hydrogen-bond donors (Lipinski definition) is 1. The Labute approximate surface area is 113 Å². The van der Waals surface area contributed by atoms with Crippen LogP contribution in [0.15, 0.2) is 28.7 Å². The van der Waals surface area contributed by atoms with Gasteiger partial charge in [-0.25, -0.2) is 4.98 Å². The van der Waals surface area contributed by atoms with Crippen LogP contribution in [0.25, 0.3) is 0 Å². The monoisotopic (exact) mass is 260 g/mol. The number of ether oxygens (including phenoxy) is 1. The molecular formula is C15H20N2O2. The summed E-state index contributed by atoms with van der Waals surface area (Å²) >= 11 is 0. The summed E-state index contributed by atoms with van der Waals surface area (Å²) in [6.07, 6.45) is 0.192. The number of rotatable bonds is 5. The van der Waals surface area contributed by atoms with E-state index in [0.29, 0.717) is 12.4 Å². The second-order valence-electron chi connectivity index (χ2n) is 4.79. The van der Waals surface area contributed by atoms with Gasteiger partial charge in [0.2, 0.25) is 5.89 Å². The zero-order chi connectivity index (χ0) is 13.8. The van der Waals surface area contributed by atoms with Gasteiger partial charge in [-0.3, -0.25) is 0 Å². The summed E-state index contributed by atoms with van der Waals surface area (Å²) in [7, 11) is 0. The molecular weight excluding hydrogens is 240 g/mol. The summed E-state index contributed by atoms with van der Waals surface area (Å²) in [6.45, 7) is 8.47. The second kappa shape index (κ2) is 5.78. The molecule has 4 heteroatoms. The molecule has 0 aliphatic rings. The maximum atomic E-state index is 5.59. The topological polar surface area (TPSA) is 47.3 Å². The summed E-state index contributed by atoms with van der Waals surface area (Å²) in [6, 6.07) is 7.88. The van der Waals surface area contributed by atoms with Crippen molar-refractivity contribution in [2.75, 3.05) is 5.32 Å². The van der Waals surface area contributed by atoms with Crippen molar-refractivity contribution in [2.45, 2.75) is 40.3 Å². The number of benzene rings is 1. The van der Waals surface area contributed by atoms with Gasteiger partial charge in [0.05, 0.1) is 18.3 Å². The van der Waals surface area contributed by atoms with Crippen LogP contribution in [-0.2, 0) is 6.54 Å². The van der Waals surface area contributed by atoms with Crippen LogP contribution in [0.1, 0.15) is 31.2 Å². The average molecular weight is 260 g/mol. The molecule has 2 rings (SSSR count). The minimum Gasteiger partial charge on any atom is -0.491 e. The Hall–Kier alpha value is -1.97. The van der Waals surface area contributed by atoms with Crippen LogP contribution >= 0.6 is 0 Å². The molecule has 0 aliphatic carbocycles. The Morgan fingerprint density at radius 3 is 2.42 bits per heavy atom. The van der Waals surface area contributed by atoms with Gasteiger partial charge < -0.3 is 14.5 Å². The molecule has 0 unspecified atom stereocenters. The summed E-state index contributed by atoms with van der Waals surface area (Å²) in [4.78, 5) is 4.33. The predicted octanol–water partition coefficient (Wildman–Crippen LogP) is 3.69. The molecule has 0 fully saturated rings. The lowest BCUT2D eigenvalue weighted by Gasteiger charge is -2.10. The average Bonchev–Trinajstić information content (AvgIpc) is 2.67. The van der Waals surface area contributed by atoms with Crippen molar-refractivity contribution in [2.24, 2.45) is 0 Å². The fourth-order valence-corrected chi connectivity index (χ4v) is 1.72. The van der Waals surface area contributed by atoms with Crippen molar-refractivity contribution in [3.8, 4) is 5.75 Å². The fraction of sp³-hybridized carbons (Fsp3) is 0.400. The first-order valence-electron chi connectivity index (χ1n) is 6.48. The summed E-state index contributed by atoms with van der Waals surface area (Å²) in [5, 5.41) is 3.27. The van der Waals surface area contributed by atoms with Crippen LogP contribution < -0.4 is 10.1 Å². The van der Waals surface area contributed by atoms with E-state index in [1.54, 1.807) is 0 Å². The lowest BCUT2D eigenvalue weighted by Crippen LogP contribution is -2.05. The van der Waals surface area contributed by atoms with Crippen molar-refractivity contribution in [1.29, 1.82) is 0 Å². The minimum absolute atomic E-state index is 0.192. The van der Waals surface area contributed by atoms with E-state index in [2.05, 4.69) is 10.3 Å². The lowest BCUT2D eigenvalue weighted by molar-refractivity contribution is 0.242. The molecule has 0 saturated carbocycles. The summed E-state index contributed by atoms with van der Waals surface area (Å²) in [5.41, 5.74) is 1.96. The normalized spacial score (nSPS) is 10.8. The third-order valence-corrected chi connectivity index (χ3v) is 2.74. The fourth-order valence-electron chi connectivity index (χ4n) is 1.72. The third kappa shape index (κ3) is 3.74. The van der Waals surface area contributed by atoms with Crippen LogP contribution in [-0.4, -0.2) is 11.1 Å². The zero-order valence-electron chi connectivity index (χ0n) is 11.9. The largest absolute Gasteiger partial charge is 0.491 e. The molecule has 0 bridgehead atoms. The van der Waals surface area contributed by atoms with Crippen LogP contribution in [0, 0.1) is 13.8 Å². The summed E-state index contributed by atoms with van der Waals surface area (Å²) in [5.74, 6) is 2.46. The van der Waals surface area contributed by atoms with Gasteiger partial charge in [0, 0.05) is 5.69 Å². The highest BCUT2D eigenvalue weighted by Crippen LogP contribution is 2.18. The van der Waals surface area contributed by atoms with Crippen LogP contribution in [0.3, 0.4) is 0 Å². The van der Waals surface area contributed by atoms with E-state index in [-0.39, 0.29) is 6.10 Å². The molecule has 0 saturated heterocycles. The SMILES string of the molecule is Cc1nc(CNc2ccc(OC(C)C)cc2)oc1C. The van der Waals surface area contributed by atoms with E-state index >= 15 is 0 Å². The molecule has 1 N–H and O–H groups in total. The molecule has 0 amide bonds. The zero-order valence-corrected chi connectivity index (χ0v) is 11.9. The van der Waals surface area contributed by atoms with Gasteiger partial charge in [-0.1, -0.05) is 0 Å². The lowest BCUT2D eigenvalue weighted by atomic mass is 10.3. The molecule has 0 radical (unpaired) electrons. The van der Waals surface area contributed by atoms with Gasteiger partial charge in [-0.05, 0) is 52.0 Å². The first-order chi connectivity index (χ1) is 9.04. The van der Waals surface area contributed by atoms with Crippen molar-refractivity contribution in [1.82, 2.24) is 4.98 Å². The molecule has 102 valence electrons. The quantitative estimate of drug-likeness (QED) is 0.890. The van der Waals surface area contributed by atoms with Crippen molar-refractivity contribution in [3.05, 3.63) is 41.6 Å². The van der Waals surface area contributed by atoms with E-state index in [1.165, 1.54) is 0 Å². The van der Waals surface area contributed by atoms with Crippen LogP contribution in [0.5, 0.6) is 5.75 Å². The highest BCUT2D eigenvalue weighted by atomic mass is 16.5. The molecule has 0 spiro atoms. The smallest absolute Gasteiger partial charge is 0.213 e. The molecule has 2 aromatic rings. The highest BCUT2D eigenvalue weighted by molar-refractivity contribution is 5.46. The Morgan fingerprint density at radius 2 is 1.89 bits per heavy atom. The highest BCUT2D eigenvalue weighted by Gasteiger charge is 2.05. The predicted molar refractivity (Wildman–Crippen MR) is 75.5 cm³/mol. The number of hydrogen-bond acceptors (Lipinski definition) is 4. The summed E-state index contributed by atoms with van der Waals surface area (Å²) < 4.78 is 11.1. The van der Waals surface area contributed by atoms with Gasteiger partial charge in [-0.15, -0.1) is 0 Å². The van der Waals surface area contributed by atoms with E-state index in [1.807, 2.05) is 52.0 Å². The Bertz CT molecular complexity index is 510. The van der Waals surface area contributed by atoms with E-state index in [9.17, 15) is 0 Å². The number of aromatic nitrogens is 1. The number of nitrogens with one attached hydrogen (secondary N) is 1. The number of aryl methyl sites for hydroxylation is 2.